The third kappa shape index (κ3) is 4.19. The van der Waals surface area contributed by atoms with E-state index in [1.807, 2.05) is 0 Å². The number of amides is 1. The molecule has 0 spiro atoms. The molecular weight excluding hydrogens is 471 g/mol. The fourth-order valence-electron chi connectivity index (χ4n) is 3.49. The summed E-state index contributed by atoms with van der Waals surface area (Å²) in [6, 6.07) is 12.6. The van der Waals surface area contributed by atoms with Crippen LogP contribution < -0.4 is 10.9 Å². The zero-order valence-electron chi connectivity index (χ0n) is 17.9. The fourth-order valence-corrected chi connectivity index (χ4v) is 3.62. The van der Waals surface area contributed by atoms with Crippen molar-refractivity contribution in [2.75, 3.05) is 7.05 Å². The molecule has 0 saturated carbocycles. The first-order valence-electron chi connectivity index (χ1n) is 9.95. The summed E-state index contributed by atoms with van der Waals surface area (Å²) in [5, 5.41) is 7.22. The Kier molecular flexibility index (Phi) is 6.01. The first-order chi connectivity index (χ1) is 16.1. The molecule has 4 aromatic rings. The Morgan fingerprint density at radius 1 is 1.00 bits per heavy atom. The highest BCUT2D eigenvalue weighted by atomic mass is 35.5. The summed E-state index contributed by atoms with van der Waals surface area (Å²) >= 11 is 5.98. The van der Waals surface area contributed by atoms with Gasteiger partial charge in [-0.25, -0.2) is 9.67 Å². The third-order valence-corrected chi connectivity index (χ3v) is 5.41. The van der Waals surface area contributed by atoms with Crippen LogP contribution in [0.4, 0.5) is 13.2 Å². The van der Waals surface area contributed by atoms with Crippen LogP contribution in [-0.2, 0) is 6.18 Å². The van der Waals surface area contributed by atoms with Crippen LogP contribution in [0.5, 0.6) is 0 Å². The lowest BCUT2D eigenvalue weighted by Crippen LogP contribution is -2.34. The van der Waals surface area contributed by atoms with E-state index in [0.717, 1.165) is 16.7 Å². The highest BCUT2D eigenvalue weighted by molar-refractivity contribution is 6.30. The third-order valence-electron chi connectivity index (χ3n) is 5.16. The van der Waals surface area contributed by atoms with E-state index in [4.69, 9.17) is 11.6 Å². The molecule has 0 fully saturated rings. The Balaban J connectivity index is 1.96. The van der Waals surface area contributed by atoms with Crippen molar-refractivity contribution in [1.29, 1.82) is 0 Å². The van der Waals surface area contributed by atoms with Crippen LogP contribution >= 0.6 is 11.6 Å². The van der Waals surface area contributed by atoms with E-state index in [1.54, 1.807) is 41.9 Å². The predicted molar refractivity (Wildman–Crippen MR) is 121 cm³/mol. The summed E-state index contributed by atoms with van der Waals surface area (Å²) < 4.78 is 41.8. The number of carbonyl (C=O) groups excluding carboxylic acids is 1. The van der Waals surface area contributed by atoms with E-state index in [0.29, 0.717) is 22.1 Å². The summed E-state index contributed by atoms with van der Waals surface area (Å²) in [4.78, 5) is 29.9. The lowest BCUT2D eigenvalue weighted by molar-refractivity contribution is -0.137. The van der Waals surface area contributed by atoms with Gasteiger partial charge in [0.2, 0.25) is 0 Å². The van der Waals surface area contributed by atoms with Crippen molar-refractivity contribution in [3.05, 3.63) is 93.1 Å². The van der Waals surface area contributed by atoms with E-state index in [-0.39, 0.29) is 11.4 Å². The molecule has 2 aromatic heterocycles. The zero-order chi connectivity index (χ0) is 24.6. The summed E-state index contributed by atoms with van der Waals surface area (Å²) in [5.41, 5.74) is -0.195. The van der Waals surface area contributed by atoms with Crippen LogP contribution in [-0.4, -0.2) is 32.3 Å². The van der Waals surface area contributed by atoms with Crippen molar-refractivity contribution in [3.8, 4) is 22.8 Å². The van der Waals surface area contributed by atoms with Crippen molar-refractivity contribution in [2.24, 2.45) is 0 Å². The quantitative estimate of drug-likeness (QED) is 0.462. The van der Waals surface area contributed by atoms with Gasteiger partial charge in [-0.05, 0) is 61.5 Å². The molecule has 1 amide bonds. The van der Waals surface area contributed by atoms with Gasteiger partial charge in [0.25, 0.3) is 11.5 Å². The molecule has 0 radical (unpaired) electrons. The van der Waals surface area contributed by atoms with Gasteiger partial charge >= 0.3 is 6.18 Å². The monoisotopic (exact) mass is 487 g/mol. The van der Waals surface area contributed by atoms with Crippen LogP contribution in [0.1, 0.15) is 21.7 Å². The number of hydrogen-bond donors (Lipinski definition) is 1. The van der Waals surface area contributed by atoms with Gasteiger partial charge in [0.05, 0.1) is 28.8 Å². The summed E-state index contributed by atoms with van der Waals surface area (Å²) in [5.74, 6) is -0.732. The Labute approximate surface area is 196 Å². The minimum atomic E-state index is -4.53. The first-order valence-corrected chi connectivity index (χ1v) is 10.3. The maximum Gasteiger partial charge on any atom is 0.416 e. The molecule has 0 atom stereocenters. The fraction of sp³-hybridized carbons (Fsp3) is 0.130. The highest BCUT2D eigenvalue weighted by Crippen LogP contribution is 2.30. The van der Waals surface area contributed by atoms with Crippen LogP contribution in [0.3, 0.4) is 0 Å². The number of nitrogens with one attached hydrogen (secondary N) is 1. The van der Waals surface area contributed by atoms with Gasteiger partial charge in [-0.2, -0.15) is 18.3 Å². The SMILES string of the molecule is CNC(=O)c1nc(-c2ccnn2-c2ccc(Cl)cc2)c(C)n(-c2ccc(C(F)(F)F)cc2)c1=O. The van der Waals surface area contributed by atoms with Crippen LogP contribution in [0.15, 0.2) is 65.6 Å². The van der Waals surface area contributed by atoms with Crippen molar-refractivity contribution >= 4 is 17.5 Å². The molecule has 1 N–H and O–H groups in total. The maximum absolute atomic E-state index is 13.2. The van der Waals surface area contributed by atoms with Crippen LogP contribution in [0.25, 0.3) is 22.8 Å². The molecule has 11 heteroatoms. The first kappa shape index (κ1) is 23.2. The Bertz CT molecular complexity index is 1430. The number of halogens is 4. The average Bonchev–Trinajstić information content (AvgIpc) is 3.28. The van der Waals surface area contributed by atoms with E-state index in [1.165, 1.54) is 25.4 Å². The van der Waals surface area contributed by atoms with Crippen LogP contribution in [0, 0.1) is 6.92 Å². The number of carbonyl (C=O) groups is 1. The Morgan fingerprint density at radius 2 is 1.62 bits per heavy atom. The summed E-state index contributed by atoms with van der Waals surface area (Å²) in [6.45, 7) is 1.59. The van der Waals surface area contributed by atoms with E-state index >= 15 is 0 Å². The number of aromatic nitrogens is 4. The molecule has 0 aliphatic heterocycles. The molecule has 34 heavy (non-hydrogen) atoms. The molecule has 4 rings (SSSR count). The molecule has 2 heterocycles. The normalized spacial score (nSPS) is 11.5. The molecule has 0 aliphatic carbocycles. The number of hydrogen-bond acceptors (Lipinski definition) is 4. The standard InChI is InChI=1S/C23H17ClF3N5O2/c1-13-19(18-11-12-29-32(18)17-9-5-15(24)6-10-17)30-20(21(33)28-2)22(34)31(13)16-7-3-14(4-8-16)23(25,26)27/h3-12H,1-2H3,(H,28,33). The second-order valence-electron chi connectivity index (χ2n) is 7.26. The van der Waals surface area contributed by atoms with Gasteiger partial charge in [0.15, 0.2) is 5.69 Å². The van der Waals surface area contributed by atoms with Gasteiger partial charge in [-0.15, -0.1) is 0 Å². The largest absolute Gasteiger partial charge is 0.416 e. The predicted octanol–water partition coefficient (Wildman–Crippen LogP) is 4.43. The van der Waals surface area contributed by atoms with Crippen molar-refractivity contribution in [1.82, 2.24) is 24.6 Å². The second kappa shape index (κ2) is 8.79. The number of nitrogens with zero attached hydrogens (tertiary/aromatic N) is 4. The second-order valence-corrected chi connectivity index (χ2v) is 7.70. The highest BCUT2D eigenvalue weighted by Gasteiger charge is 2.30. The Hall–Kier alpha value is -3.92. The van der Waals surface area contributed by atoms with E-state index in [2.05, 4.69) is 15.4 Å². The Morgan fingerprint density at radius 3 is 2.21 bits per heavy atom. The summed E-state index contributed by atoms with van der Waals surface area (Å²) in [6.07, 6.45) is -3.00. The molecule has 174 valence electrons. The lowest BCUT2D eigenvalue weighted by atomic mass is 10.1. The summed E-state index contributed by atoms with van der Waals surface area (Å²) in [7, 11) is 1.35. The molecular formula is C23H17ClF3N5O2. The number of alkyl halides is 3. The molecule has 7 nitrogen and oxygen atoms in total. The topological polar surface area (TPSA) is 81.8 Å². The zero-order valence-corrected chi connectivity index (χ0v) is 18.6. The van der Waals surface area contributed by atoms with Gasteiger partial charge < -0.3 is 5.32 Å². The van der Waals surface area contributed by atoms with E-state index in [9.17, 15) is 22.8 Å². The smallest absolute Gasteiger partial charge is 0.354 e. The van der Waals surface area contributed by atoms with Gasteiger partial charge in [-0.1, -0.05) is 11.6 Å². The maximum atomic E-state index is 13.2. The van der Waals surface area contributed by atoms with Gasteiger partial charge in [0.1, 0.15) is 5.69 Å². The molecule has 0 unspecified atom stereocenters. The van der Waals surface area contributed by atoms with Crippen molar-refractivity contribution < 1.29 is 18.0 Å². The van der Waals surface area contributed by atoms with E-state index < -0.39 is 28.9 Å². The number of rotatable bonds is 4. The molecule has 2 aromatic carbocycles. The minimum Gasteiger partial charge on any atom is -0.354 e. The van der Waals surface area contributed by atoms with Gasteiger partial charge in [-0.3, -0.25) is 14.2 Å². The average molecular weight is 488 g/mol. The van der Waals surface area contributed by atoms with Crippen LogP contribution in [0.2, 0.25) is 5.02 Å². The lowest BCUT2D eigenvalue weighted by Gasteiger charge is -2.17. The van der Waals surface area contributed by atoms with Crippen molar-refractivity contribution in [3.63, 3.8) is 0 Å². The van der Waals surface area contributed by atoms with Crippen molar-refractivity contribution in [2.45, 2.75) is 13.1 Å². The molecule has 0 bridgehead atoms. The molecule has 0 saturated heterocycles. The van der Waals surface area contributed by atoms with Gasteiger partial charge in [0, 0.05) is 17.8 Å². The number of benzene rings is 2. The minimum absolute atomic E-state index is 0.155. The molecule has 0 aliphatic rings.